The number of thiazole rings is 1. The maximum Gasteiger partial charge on any atom is 0.311 e. The standard InChI is InChI=1S/C18H17ClN4O3S/c1-3-26-16(24)8-11-10-27-18(20-11)21-17(25)15-9-14(22-23(15)2)12-6-4-5-7-13(12)19/h4-7,9-10H,3,8H2,1-2H3,(H,20,21,25). The molecule has 1 aromatic carbocycles. The summed E-state index contributed by atoms with van der Waals surface area (Å²) in [5.74, 6) is -0.697. The number of rotatable bonds is 6. The van der Waals surface area contributed by atoms with E-state index in [0.29, 0.717) is 33.8 Å². The number of anilines is 1. The molecule has 0 saturated heterocycles. The van der Waals surface area contributed by atoms with Crippen LogP contribution < -0.4 is 5.32 Å². The number of carbonyl (C=O) groups excluding carboxylic acids is 2. The monoisotopic (exact) mass is 404 g/mol. The molecule has 0 fully saturated rings. The Bertz CT molecular complexity index is 983. The molecule has 0 saturated carbocycles. The van der Waals surface area contributed by atoms with Gasteiger partial charge in [0.05, 0.1) is 29.4 Å². The summed E-state index contributed by atoms with van der Waals surface area (Å²) < 4.78 is 6.38. The lowest BCUT2D eigenvalue weighted by molar-refractivity contribution is -0.142. The van der Waals surface area contributed by atoms with Crippen molar-refractivity contribution in [1.82, 2.24) is 14.8 Å². The van der Waals surface area contributed by atoms with Crippen molar-refractivity contribution in [1.29, 1.82) is 0 Å². The van der Waals surface area contributed by atoms with Crippen LogP contribution >= 0.6 is 22.9 Å². The number of nitrogens with zero attached hydrogens (tertiary/aromatic N) is 3. The van der Waals surface area contributed by atoms with Gasteiger partial charge in [0, 0.05) is 18.0 Å². The van der Waals surface area contributed by atoms with Gasteiger partial charge in [-0.2, -0.15) is 5.10 Å². The molecule has 3 aromatic rings. The molecular formula is C18H17ClN4O3S. The van der Waals surface area contributed by atoms with Crippen LogP contribution in [0.1, 0.15) is 23.1 Å². The van der Waals surface area contributed by atoms with Gasteiger partial charge in [0.1, 0.15) is 5.69 Å². The highest BCUT2D eigenvalue weighted by molar-refractivity contribution is 7.14. The minimum absolute atomic E-state index is 0.0720. The summed E-state index contributed by atoms with van der Waals surface area (Å²) in [6.07, 6.45) is 0.0720. The lowest BCUT2D eigenvalue weighted by Gasteiger charge is -2.01. The van der Waals surface area contributed by atoms with Crippen LogP contribution in [-0.4, -0.2) is 33.2 Å². The predicted molar refractivity (Wildman–Crippen MR) is 104 cm³/mol. The van der Waals surface area contributed by atoms with Crippen molar-refractivity contribution in [2.24, 2.45) is 7.05 Å². The Hall–Kier alpha value is -2.71. The fourth-order valence-corrected chi connectivity index (χ4v) is 3.38. The number of ether oxygens (including phenoxy) is 1. The van der Waals surface area contributed by atoms with Crippen molar-refractivity contribution in [3.63, 3.8) is 0 Å². The molecule has 3 rings (SSSR count). The number of nitrogens with one attached hydrogen (secondary N) is 1. The summed E-state index contributed by atoms with van der Waals surface area (Å²) in [6, 6.07) is 8.97. The van der Waals surface area contributed by atoms with Gasteiger partial charge in [-0.3, -0.25) is 19.6 Å². The van der Waals surface area contributed by atoms with Crippen molar-refractivity contribution in [3.05, 3.63) is 52.1 Å². The highest BCUT2D eigenvalue weighted by atomic mass is 35.5. The van der Waals surface area contributed by atoms with Gasteiger partial charge < -0.3 is 4.74 Å². The van der Waals surface area contributed by atoms with Crippen LogP contribution in [-0.2, 0) is 23.0 Å². The van der Waals surface area contributed by atoms with Gasteiger partial charge in [0.2, 0.25) is 0 Å². The van der Waals surface area contributed by atoms with E-state index in [-0.39, 0.29) is 18.3 Å². The SMILES string of the molecule is CCOC(=O)Cc1csc(NC(=O)c2cc(-c3ccccc3Cl)nn2C)n1. The van der Waals surface area contributed by atoms with E-state index in [0.717, 1.165) is 5.56 Å². The normalized spacial score (nSPS) is 10.6. The van der Waals surface area contributed by atoms with Crippen LogP contribution in [0.2, 0.25) is 5.02 Å². The van der Waals surface area contributed by atoms with Crippen LogP contribution in [0.15, 0.2) is 35.7 Å². The lowest BCUT2D eigenvalue weighted by atomic mass is 10.1. The highest BCUT2D eigenvalue weighted by Gasteiger charge is 2.17. The molecule has 1 amide bonds. The Morgan fingerprint density at radius 2 is 2.11 bits per heavy atom. The molecule has 9 heteroatoms. The van der Waals surface area contributed by atoms with Gasteiger partial charge in [-0.25, -0.2) is 4.98 Å². The molecule has 2 heterocycles. The first-order valence-electron chi connectivity index (χ1n) is 8.18. The third kappa shape index (κ3) is 4.53. The van der Waals surface area contributed by atoms with Crippen LogP contribution in [0.5, 0.6) is 0 Å². The van der Waals surface area contributed by atoms with Crippen LogP contribution in [0.3, 0.4) is 0 Å². The van der Waals surface area contributed by atoms with Crippen molar-refractivity contribution in [3.8, 4) is 11.3 Å². The summed E-state index contributed by atoms with van der Waals surface area (Å²) in [7, 11) is 1.68. The molecule has 0 aliphatic heterocycles. The second-order valence-electron chi connectivity index (χ2n) is 5.60. The number of benzene rings is 1. The first-order valence-corrected chi connectivity index (χ1v) is 9.44. The second-order valence-corrected chi connectivity index (χ2v) is 6.86. The fraction of sp³-hybridized carbons (Fsp3) is 0.222. The first kappa shape index (κ1) is 19.1. The zero-order valence-electron chi connectivity index (χ0n) is 14.7. The van der Waals surface area contributed by atoms with Gasteiger partial charge in [-0.15, -0.1) is 11.3 Å². The van der Waals surface area contributed by atoms with E-state index < -0.39 is 0 Å². The van der Waals surface area contributed by atoms with Gasteiger partial charge in [-0.1, -0.05) is 29.8 Å². The molecule has 0 aliphatic carbocycles. The molecule has 1 N–H and O–H groups in total. The van der Waals surface area contributed by atoms with E-state index in [9.17, 15) is 9.59 Å². The smallest absolute Gasteiger partial charge is 0.311 e. The first-order chi connectivity index (χ1) is 13.0. The lowest BCUT2D eigenvalue weighted by Crippen LogP contribution is -2.16. The Morgan fingerprint density at radius 1 is 1.33 bits per heavy atom. The molecule has 2 aromatic heterocycles. The zero-order chi connectivity index (χ0) is 19.4. The van der Waals surface area contributed by atoms with Gasteiger partial charge in [-0.05, 0) is 19.1 Å². The van der Waals surface area contributed by atoms with E-state index in [4.69, 9.17) is 16.3 Å². The summed E-state index contributed by atoms with van der Waals surface area (Å²) in [5.41, 5.74) is 2.28. The second kappa shape index (κ2) is 8.32. The van der Waals surface area contributed by atoms with Crippen molar-refractivity contribution in [2.45, 2.75) is 13.3 Å². The summed E-state index contributed by atoms with van der Waals surface area (Å²) in [6.45, 7) is 2.07. The van der Waals surface area contributed by atoms with E-state index in [1.54, 1.807) is 31.5 Å². The molecule has 0 spiro atoms. The summed E-state index contributed by atoms with van der Waals surface area (Å²) in [4.78, 5) is 28.3. The minimum atomic E-state index is -0.350. The molecule has 27 heavy (non-hydrogen) atoms. The number of carbonyl (C=O) groups is 2. The van der Waals surface area contributed by atoms with Crippen molar-refractivity contribution in [2.75, 3.05) is 11.9 Å². The number of aryl methyl sites for hydroxylation is 1. The molecule has 7 nitrogen and oxygen atoms in total. The molecule has 0 atom stereocenters. The number of esters is 1. The largest absolute Gasteiger partial charge is 0.466 e. The Labute approximate surface area is 164 Å². The quantitative estimate of drug-likeness (QED) is 0.635. The molecule has 0 unspecified atom stereocenters. The fourth-order valence-electron chi connectivity index (χ4n) is 2.45. The Kier molecular flexibility index (Phi) is 5.88. The summed E-state index contributed by atoms with van der Waals surface area (Å²) in [5, 5.41) is 9.77. The number of halogens is 1. The molecule has 0 radical (unpaired) electrons. The molecule has 0 aliphatic rings. The third-order valence-corrected chi connectivity index (χ3v) is 4.80. The number of hydrogen-bond donors (Lipinski definition) is 1. The number of hydrogen-bond acceptors (Lipinski definition) is 6. The van der Waals surface area contributed by atoms with Crippen LogP contribution in [0, 0.1) is 0 Å². The Balaban J connectivity index is 1.73. The van der Waals surface area contributed by atoms with Crippen LogP contribution in [0.4, 0.5) is 5.13 Å². The van der Waals surface area contributed by atoms with E-state index in [1.807, 2.05) is 18.2 Å². The van der Waals surface area contributed by atoms with Gasteiger partial charge in [0.15, 0.2) is 5.13 Å². The topological polar surface area (TPSA) is 86.1 Å². The maximum atomic E-state index is 12.6. The molecular weight excluding hydrogens is 388 g/mol. The average Bonchev–Trinajstić information content (AvgIpc) is 3.22. The van der Waals surface area contributed by atoms with Gasteiger partial charge >= 0.3 is 5.97 Å². The third-order valence-electron chi connectivity index (χ3n) is 3.67. The van der Waals surface area contributed by atoms with E-state index >= 15 is 0 Å². The van der Waals surface area contributed by atoms with Crippen molar-refractivity contribution < 1.29 is 14.3 Å². The number of aromatic nitrogens is 3. The predicted octanol–water partition coefficient (Wildman–Crippen LogP) is 3.55. The van der Waals surface area contributed by atoms with E-state index in [2.05, 4.69) is 15.4 Å². The maximum absolute atomic E-state index is 12.6. The average molecular weight is 405 g/mol. The molecule has 0 bridgehead atoms. The minimum Gasteiger partial charge on any atom is -0.466 e. The Morgan fingerprint density at radius 3 is 2.85 bits per heavy atom. The highest BCUT2D eigenvalue weighted by Crippen LogP contribution is 2.27. The summed E-state index contributed by atoms with van der Waals surface area (Å²) >= 11 is 7.44. The molecule has 140 valence electrons. The zero-order valence-corrected chi connectivity index (χ0v) is 16.3. The van der Waals surface area contributed by atoms with Crippen molar-refractivity contribution >= 4 is 39.9 Å². The van der Waals surface area contributed by atoms with E-state index in [1.165, 1.54) is 16.0 Å². The number of amides is 1. The van der Waals surface area contributed by atoms with Gasteiger partial charge in [0.25, 0.3) is 5.91 Å². The van der Waals surface area contributed by atoms with Crippen LogP contribution in [0.25, 0.3) is 11.3 Å².